The zero-order valence-electron chi connectivity index (χ0n) is 20.4. The van der Waals surface area contributed by atoms with E-state index in [-0.39, 0.29) is 11.8 Å². The van der Waals surface area contributed by atoms with Crippen LogP contribution in [0.25, 0.3) is 0 Å². The number of anilines is 1. The molecule has 3 aliphatic rings. The summed E-state index contributed by atoms with van der Waals surface area (Å²) in [6.07, 6.45) is -2.11. The lowest BCUT2D eigenvalue weighted by atomic mass is 9.91. The van der Waals surface area contributed by atoms with Crippen LogP contribution in [0.3, 0.4) is 0 Å². The number of thioether (sulfide) groups is 1. The number of rotatable bonds is 5. The topological polar surface area (TPSA) is 146 Å². The van der Waals surface area contributed by atoms with Gasteiger partial charge in [-0.2, -0.15) is 0 Å². The quantitative estimate of drug-likeness (QED) is 0.341. The number of amides is 1. The Morgan fingerprint density at radius 2 is 1.77 bits per heavy atom. The molecule has 0 spiro atoms. The first-order chi connectivity index (χ1) is 16.2. The molecule has 0 radical (unpaired) electrons. The third-order valence-electron chi connectivity index (χ3n) is 5.25. The van der Waals surface area contributed by atoms with E-state index in [0.29, 0.717) is 33.9 Å². The number of nitrogens with zero attached hydrogens (tertiary/aromatic N) is 4. The summed E-state index contributed by atoms with van der Waals surface area (Å²) < 4.78 is 16.9. The predicted octanol–water partition coefficient (Wildman–Crippen LogP) is 3.16. The van der Waals surface area contributed by atoms with Crippen LogP contribution >= 0.6 is 23.1 Å². The van der Waals surface area contributed by atoms with E-state index >= 15 is 0 Å². The number of carbonyl (C=O) groups is 3. The molecule has 0 aliphatic carbocycles. The molecule has 12 nitrogen and oxygen atoms in total. The van der Waals surface area contributed by atoms with Gasteiger partial charge >= 0.3 is 12.3 Å². The van der Waals surface area contributed by atoms with Crippen LogP contribution in [0.5, 0.6) is 0 Å². The second-order valence-electron chi connectivity index (χ2n) is 10.3. The Morgan fingerprint density at radius 3 is 2.37 bits per heavy atom. The predicted molar refractivity (Wildman–Crippen MR) is 126 cm³/mol. The molecule has 2 unspecified atom stereocenters. The average molecular weight is 528 g/mol. The zero-order valence-corrected chi connectivity index (χ0v) is 22.0. The van der Waals surface area contributed by atoms with E-state index in [1.165, 1.54) is 33.1 Å². The summed E-state index contributed by atoms with van der Waals surface area (Å²) in [6, 6.07) is -0.775. The molecular weight excluding hydrogens is 498 g/mol. The van der Waals surface area contributed by atoms with Gasteiger partial charge in [-0.25, -0.2) is 9.59 Å². The number of hydrogen-bond acceptors (Lipinski definition) is 13. The number of β-lactam (4-membered cyclic amide) rings is 1. The SMILES string of the molecule is CC(C)(C)OC(=O)OC1C(CSc2nnc(N)s2)C2=C3[C@@H](C(=O)N31)N(OC(=O)OC(C)(C)C)CC2. The van der Waals surface area contributed by atoms with Gasteiger partial charge in [0.25, 0.3) is 5.91 Å². The molecule has 4 heterocycles. The molecule has 1 saturated heterocycles. The first-order valence-electron chi connectivity index (χ1n) is 11.1. The monoisotopic (exact) mass is 527 g/mol. The van der Waals surface area contributed by atoms with Crippen LogP contribution in [0, 0.1) is 5.92 Å². The fraction of sp³-hybridized carbons (Fsp3) is 0.667. The van der Waals surface area contributed by atoms with E-state index in [4.69, 9.17) is 24.8 Å². The summed E-state index contributed by atoms with van der Waals surface area (Å²) in [5.41, 5.74) is 5.85. The molecule has 1 aromatic rings. The lowest BCUT2D eigenvalue weighted by Crippen LogP contribution is -2.64. The molecule has 35 heavy (non-hydrogen) atoms. The van der Waals surface area contributed by atoms with Crippen LogP contribution in [-0.4, -0.2) is 74.1 Å². The first-order valence-corrected chi connectivity index (χ1v) is 12.9. The van der Waals surface area contributed by atoms with Crippen LogP contribution in [-0.2, 0) is 23.8 Å². The van der Waals surface area contributed by atoms with Gasteiger partial charge < -0.3 is 24.8 Å². The van der Waals surface area contributed by atoms with Crippen LogP contribution in [0.15, 0.2) is 15.6 Å². The van der Waals surface area contributed by atoms with Crippen molar-refractivity contribution in [2.75, 3.05) is 18.0 Å². The van der Waals surface area contributed by atoms with Gasteiger partial charge in [0.1, 0.15) is 11.2 Å². The van der Waals surface area contributed by atoms with E-state index in [1.807, 2.05) is 0 Å². The van der Waals surface area contributed by atoms with Gasteiger partial charge in [0, 0.05) is 18.2 Å². The number of nitrogens with two attached hydrogens (primary N) is 1. The number of ether oxygens (including phenoxy) is 3. The summed E-state index contributed by atoms with van der Waals surface area (Å²) in [5.74, 6) is -0.156. The molecule has 1 fully saturated rings. The molecule has 2 N–H and O–H groups in total. The van der Waals surface area contributed by atoms with Crippen molar-refractivity contribution in [3.63, 3.8) is 0 Å². The fourth-order valence-electron chi connectivity index (χ4n) is 4.09. The lowest BCUT2D eigenvalue weighted by molar-refractivity contribution is -0.197. The molecule has 14 heteroatoms. The highest BCUT2D eigenvalue weighted by Crippen LogP contribution is 2.50. The van der Waals surface area contributed by atoms with Crippen molar-refractivity contribution < 1.29 is 33.4 Å². The van der Waals surface area contributed by atoms with Crippen molar-refractivity contribution in [2.45, 2.75) is 75.8 Å². The highest BCUT2D eigenvalue weighted by molar-refractivity contribution is 8.01. The summed E-state index contributed by atoms with van der Waals surface area (Å²) in [6.45, 7) is 10.7. The fourth-order valence-corrected chi connectivity index (χ4v) is 5.92. The zero-order chi connectivity index (χ0) is 25.7. The third-order valence-corrected chi connectivity index (χ3v) is 7.26. The molecule has 3 atom stereocenters. The largest absolute Gasteiger partial charge is 0.528 e. The minimum absolute atomic E-state index is 0.300. The average Bonchev–Trinajstić information content (AvgIpc) is 3.22. The van der Waals surface area contributed by atoms with Gasteiger partial charge in [0.2, 0.25) is 5.13 Å². The van der Waals surface area contributed by atoms with Gasteiger partial charge in [-0.3, -0.25) is 9.69 Å². The van der Waals surface area contributed by atoms with Crippen molar-refractivity contribution in [2.24, 2.45) is 5.92 Å². The summed E-state index contributed by atoms with van der Waals surface area (Å²) >= 11 is 2.68. The van der Waals surface area contributed by atoms with Crippen molar-refractivity contribution in [3.8, 4) is 0 Å². The van der Waals surface area contributed by atoms with Crippen LogP contribution in [0.1, 0.15) is 48.0 Å². The maximum Gasteiger partial charge on any atom is 0.528 e. The van der Waals surface area contributed by atoms with Gasteiger partial charge in [0.15, 0.2) is 16.6 Å². The lowest BCUT2D eigenvalue weighted by Gasteiger charge is -2.46. The highest BCUT2D eigenvalue weighted by Gasteiger charge is 2.62. The standard InChI is InChI=1S/C21H29N5O7S2/c1-20(2,3)31-18(28)30-15-11(9-34-17-24-23-16(22)35-17)10-7-8-25(13-12(10)26(15)14(13)27)33-19(29)32-21(4,5)6/h11,13,15H,7-9H2,1-6H3,(H2,22,23)/t11?,13-,15?/m0/s1. The van der Waals surface area contributed by atoms with E-state index in [0.717, 1.165) is 5.57 Å². The maximum absolute atomic E-state index is 13.2. The smallest absolute Gasteiger partial charge is 0.429 e. The Hall–Kier alpha value is -2.58. The molecular formula is C21H29N5O7S2. The van der Waals surface area contributed by atoms with Crippen molar-refractivity contribution in [1.82, 2.24) is 20.2 Å². The molecule has 1 amide bonds. The number of hydroxylamine groups is 2. The van der Waals surface area contributed by atoms with E-state index < -0.39 is 35.8 Å². The van der Waals surface area contributed by atoms with Gasteiger partial charge in [0.05, 0.1) is 5.70 Å². The number of aromatic nitrogens is 2. The minimum atomic E-state index is -0.881. The second kappa shape index (κ2) is 9.13. The van der Waals surface area contributed by atoms with Crippen molar-refractivity contribution in [1.29, 1.82) is 0 Å². The van der Waals surface area contributed by atoms with Gasteiger partial charge in [-0.15, -0.1) is 15.3 Å². The number of nitrogen functional groups attached to an aromatic ring is 1. The molecule has 1 aromatic heterocycles. The molecule has 0 saturated carbocycles. The molecule has 3 aliphatic heterocycles. The number of hydrogen-bond donors (Lipinski definition) is 1. The molecule has 0 aromatic carbocycles. The second-order valence-corrected chi connectivity index (χ2v) is 12.5. The third kappa shape index (κ3) is 5.48. The van der Waals surface area contributed by atoms with E-state index in [1.54, 1.807) is 41.5 Å². The van der Waals surface area contributed by atoms with Gasteiger partial charge in [-0.05, 0) is 53.5 Å². The Bertz CT molecular complexity index is 1060. The highest BCUT2D eigenvalue weighted by atomic mass is 32.2. The van der Waals surface area contributed by atoms with E-state index in [9.17, 15) is 14.4 Å². The molecule has 4 rings (SSSR count). The molecule has 0 bridgehead atoms. The Morgan fingerprint density at radius 1 is 1.11 bits per heavy atom. The summed E-state index contributed by atoms with van der Waals surface area (Å²) in [7, 11) is 0. The van der Waals surface area contributed by atoms with Crippen molar-refractivity contribution >= 4 is 46.4 Å². The number of carbonyl (C=O) groups excluding carboxylic acids is 3. The minimum Gasteiger partial charge on any atom is -0.429 e. The Kier molecular flexibility index (Phi) is 6.66. The molecule has 192 valence electrons. The first kappa shape index (κ1) is 25.5. The normalized spacial score (nSPS) is 24.1. The van der Waals surface area contributed by atoms with Crippen LogP contribution < -0.4 is 5.73 Å². The summed E-state index contributed by atoms with van der Waals surface area (Å²) in [4.78, 5) is 44.7. The van der Waals surface area contributed by atoms with Crippen molar-refractivity contribution in [3.05, 3.63) is 11.3 Å². The van der Waals surface area contributed by atoms with E-state index in [2.05, 4.69) is 10.2 Å². The Balaban J connectivity index is 1.54. The van der Waals surface area contributed by atoms with Crippen LogP contribution in [0.4, 0.5) is 14.7 Å². The summed E-state index contributed by atoms with van der Waals surface area (Å²) in [5, 5.41) is 9.54. The van der Waals surface area contributed by atoms with Gasteiger partial charge in [-0.1, -0.05) is 23.1 Å². The Labute approximate surface area is 211 Å². The maximum atomic E-state index is 13.2. The van der Waals surface area contributed by atoms with Crippen LogP contribution in [0.2, 0.25) is 0 Å².